The molecule has 0 aliphatic rings. The Morgan fingerprint density at radius 1 is 0.562 bits per heavy atom. The van der Waals surface area contributed by atoms with Crippen LogP contribution in [0.1, 0.15) is 44.9 Å². The van der Waals surface area contributed by atoms with Gasteiger partial charge >= 0.3 is 208 Å². The van der Waals surface area contributed by atoms with Crippen LogP contribution in [-0.4, -0.2) is 12.0 Å². The molecule has 0 aliphatic carbocycles. The summed E-state index contributed by atoms with van der Waals surface area (Å²) >= 11 is 10.3. The number of hydrogen-bond donors (Lipinski definition) is 0. The van der Waals surface area contributed by atoms with Crippen molar-refractivity contribution in [2.45, 2.75) is 44.9 Å². The third-order valence-electron chi connectivity index (χ3n) is 6.25. The summed E-state index contributed by atoms with van der Waals surface area (Å²) in [6, 6.07) is 33.1. The van der Waals surface area contributed by atoms with E-state index in [-0.39, 0.29) is 0 Å². The zero-order chi connectivity index (χ0) is 22.6. The first-order valence-electron chi connectivity index (χ1n) is 11.8. The Morgan fingerprint density at radius 3 is 1.41 bits per heavy atom. The minimum absolute atomic E-state index is 0.797. The summed E-state index contributed by atoms with van der Waals surface area (Å²) in [5.74, 6) is 0.797. The molecule has 3 heteroatoms. The number of allylic oxidation sites excluding steroid dienone is 2. The van der Waals surface area contributed by atoms with Gasteiger partial charge in [0.1, 0.15) is 0 Å². The fraction of sp³-hybridized carbons (Fsp3) is 0.310. The first kappa shape index (κ1) is 25.2. The van der Waals surface area contributed by atoms with E-state index in [4.69, 9.17) is 11.6 Å². The first-order valence-corrected chi connectivity index (χ1v) is 16.8. The van der Waals surface area contributed by atoms with Gasteiger partial charge in [0, 0.05) is 0 Å². The van der Waals surface area contributed by atoms with E-state index in [1.54, 1.807) is 0 Å². The van der Waals surface area contributed by atoms with Crippen molar-refractivity contribution < 1.29 is 0 Å². The predicted molar refractivity (Wildman–Crippen MR) is 151 cm³/mol. The monoisotopic (exact) mass is 528 g/mol. The molecule has 0 aromatic heterocycles. The fourth-order valence-electron chi connectivity index (χ4n) is 4.43. The second-order valence-electron chi connectivity index (χ2n) is 8.44. The molecule has 0 amide bonds. The minimum atomic E-state index is -2.81. The summed E-state index contributed by atoms with van der Waals surface area (Å²) in [5, 5.41) is 1.31. The zero-order valence-electron chi connectivity index (χ0n) is 18.9. The molecule has 0 spiro atoms. The molecule has 0 atom stereocenters. The van der Waals surface area contributed by atoms with Crippen molar-refractivity contribution in [1.29, 1.82) is 0 Å². The van der Waals surface area contributed by atoms with Crippen LogP contribution in [0.15, 0.2) is 103 Å². The van der Waals surface area contributed by atoms with Crippen LogP contribution < -0.4 is 15.9 Å². The molecule has 32 heavy (non-hydrogen) atoms. The zero-order valence-corrected chi connectivity index (χ0v) is 22.1. The van der Waals surface area contributed by atoms with Crippen LogP contribution in [0.25, 0.3) is 0 Å². The number of halogens is 2. The molecule has 0 aliphatic heterocycles. The molecule has 0 nitrogen and oxygen atoms in total. The molecule has 3 aromatic carbocycles. The third-order valence-corrected chi connectivity index (χ3v) is 16.1. The summed E-state index contributed by atoms with van der Waals surface area (Å²) in [7, 11) is 0. The van der Waals surface area contributed by atoms with Gasteiger partial charge in [-0.15, -0.1) is 0 Å². The summed E-state index contributed by atoms with van der Waals surface area (Å²) in [6.07, 6.45) is 14.6. The van der Waals surface area contributed by atoms with Crippen LogP contribution >= 0.6 is 32.4 Å². The number of hydrogen-bond acceptors (Lipinski definition) is 0. The van der Waals surface area contributed by atoms with Crippen LogP contribution in [0.5, 0.6) is 0 Å². The Labute approximate surface area is 207 Å². The average molecular weight is 530 g/mol. The molecule has 0 saturated heterocycles. The summed E-state index contributed by atoms with van der Waals surface area (Å²) in [6.45, 7) is 0. The Bertz CT molecular complexity index is 841. The van der Waals surface area contributed by atoms with Crippen molar-refractivity contribution in [3.8, 4) is 0 Å². The van der Waals surface area contributed by atoms with Gasteiger partial charge in [0.15, 0.2) is 0 Å². The van der Waals surface area contributed by atoms with E-state index in [9.17, 15) is 0 Å². The van der Waals surface area contributed by atoms with E-state index in [2.05, 4.69) is 119 Å². The maximum absolute atomic E-state index is 5.77. The maximum atomic E-state index is 5.77. The van der Waals surface area contributed by atoms with Gasteiger partial charge in [-0.25, -0.2) is 0 Å². The van der Waals surface area contributed by atoms with Crippen LogP contribution in [0.2, 0.25) is 0 Å². The number of alkyl halides is 1. The quantitative estimate of drug-likeness (QED) is 0.0903. The van der Waals surface area contributed by atoms with Crippen molar-refractivity contribution in [3.63, 3.8) is 0 Å². The molecule has 0 N–H and O–H groups in total. The van der Waals surface area contributed by atoms with Gasteiger partial charge in [-0.05, 0) is 0 Å². The number of benzene rings is 3. The van der Waals surface area contributed by atoms with Gasteiger partial charge in [-0.1, -0.05) is 0 Å². The first-order chi connectivity index (χ1) is 15.7. The van der Waals surface area contributed by atoms with Crippen molar-refractivity contribution in [2.75, 3.05) is 12.0 Å². The normalized spacial score (nSPS) is 13.1. The van der Waals surface area contributed by atoms with Crippen LogP contribution in [0.4, 0.5) is 0 Å². The van der Waals surface area contributed by atoms with E-state index >= 15 is 0 Å². The molecular weight excluding hydrogens is 495 g/mol. The Balaban J connectivity index is 1.85. The SMILES string of the molecule is ClCCCCCCCCC=CCP(Br)(c1ccccc1)(c1ccccc1)c1ccccc1. The van der Waals surface area contributed by atoms with Crippen molar-refractivity contribution in [3.05, 3.63) is 103 Å². The van der Waals surface area contributed by atoms with Gasteiger partial charge in [0.25, 0.3) is 0 Å². The Kier molecular flexibility index (Phi) is 10.0. The molecule has 0 heterocycles. The number of unbranched alkanes of at least 4 members (excludes halogenated alkanes) is 6. The van der Waals surface area contributed by atoms with E-state index in [1.165, 1.54) is 48.0 Å². The van der Waals surface area contributed by atoms with Crippen LogP contribution in [0.3, 0.4) is 0 Å². The Morgan fingerprint density at radius 2 is 0.969 bits per heavy atom. The van der Waals surface area contributed by atoms with Gasteiger partial charge in [0.05, 0.1) is 0 Å². The predicted octanol–water partition coefficient (Wildman–Crippen LogP) is 8.35. The molecule has 170 valence electrons. The van der Waals surface area contributed by atoms with E-state index in [0.29, 0.717) is 0 Å². The van der Waals surface area contributed by atoms with E-state index < -0.39 is 5.31 Å². The second kappa shape index (κ2) is 12.7. The average Bonchev–Trinajstić information content (AvgIpc) is 2.87. The molecule has 0 saturated carbocycles. The molecule has 0 unspecified atom stereocenters. The van der Waals surface area contributed by atoms with Gasteiger partial charge in [-0.3, -0.25) is 0 Å². The molecule has 0 bridgehead atoms. The Hall–Kier alpha value is -1.40. The van der Waals surface area contributed by atoms with Crippen molar-refractivity contribution >= 4 is 48.3 Å². The van der Waals surface area contributed by atoms with Gasteiger partial charge in [0.2, 0.25) is 0 Å². The van der Waals surface area contributed by atoms with Crippen LogP contribution in [0, 0.1) is 0 Å². The topological polar surface area (TPSA) is 0 Å². The second-order valence-corrected chi connectivity index (χ2v) is 17.8. The standard InChI is InChI=1S/C29H35BrClP/c30-32(27-19-11-8-12-20-27,28-21-13-9-14-22-28,29-23-15-10-16-24-29)26-18-7-5-3-1-2-4-6-17-25-31/h7-16,18-24H,1-6,17,25-26H2. The van der Waals surface area contributed by atoms with Crippen LogP contribution in [-0.2, 0) is 0 Å². The third kappa shape index (κ3) is 5.93. The molecule has 3 rings (SSSR count). The summed E-state index contributed by atoms with van der Waals surface area (Å²) in [4.78, 5) is 0. The van der Waals surface area contributed by atoms with Gasteiger partial charge in [-0.2, -0.15) is 0 Å². The molecule has 3 aromatic rings. The number of rotatable bonds is 13. The summed E-state index contributed by atoms with van der Waals surface area (Å²) in [5.41, 5.74) is 0. The van der Waals surface area contributed by atoms with Gasteiger partial charge < -0.3 is 0 Å². The van der Waals surface area contributed by atoms with Crippen molar-refractivity contribution in [2.24, 2.45) is 0 Å². The summed E-state index contributed by atoms with van der Waals surface area (Å²) < 4.78 is 0. The van der Waals surface area contributed by atoms with E-state index in [0.717, 1.165) is 24.9 Å². The van der Waals surface area contributed by atoms with E-state index in [1.807, 2.05) is 0 Å². The van der Waals surface area contributed by atoms with Crippen molar-refractivity contribution in [1.82, 2.24) is 0 Å². The fourth-order valence-corrected chi connectivity index (χ4v) is 11.7. The molecule has 0 fully saturated rings. The molecule has 0 radical (unpaired) electrons. The molecular formula is C29H35BrClP.